The normalized spacial score (nSPS) is 24.8. The summed E-state index contributed by atoms with van der Waals surface area (Å²) in [6.07, 6.45) is 11.8. The Kier molecular flexibility index (Phi) is 9.62. The van der Waals surface area contributed by atoms with Gasteiger partial charge in [-0.3, -0.25) is 4.79 Å². The van der Waals surface area contributed by atoms with Crippen molar-refractivity contribution in [2.24, 2.45) is 10.9 Å². The van der Waals surface area contributed by atoms with Crippen molar-refractivity contribution in [2.75, 3.05) is 40.3 Å². The van der Waals surface area contributed by atoms with Crippen molar-refractivity contribution in [3.05, 3.63) is 0 Å². The molecular formula is C20H38IN5O. The number of carbonyl (C=O) groups is 1. The Morgan fingerprint density at radius 2 is 1.63 bits per heavy atom. The molecule has 0 bridgehead atoms. The fraction of sp³-hybridized carbons (Fsp3) is 0.900. The first-order chi connectivity index (χ1) is 12.6. The lowest BCUT2D eigenvalue weighted by atomic mass is 10.1. The summed E-state index contributed by atoms with van der Waals surface area (Å²) in [5, 5.41) is 7.19. The molecule has 156 valence electrons. The molecule has 2 aliphatic carbocycles. The van der Waals surface area contributed by atoms with E-state index >= 15 is 0 Å². The van der Waals surface area contributed by atoms with Crippen LogP contribution < -0.4 is 10.6 Å². The average Bonchev–Trinajstić information content (AvgIpc) is 3.36. The van der Waals surface area contributed by atoms with Gasteiger partial charge < -0.3 is 20.4 Å². The number of carbonyl (C=O) groups excluding carboxylic acids is 1. The van der Waals surface area contributed by atoms with E-state index in [-0.39, 0.29) is 36.4 Å². The van der Waals surface area contributed by atoms with Crippen LogP contribution in [0.25, 0.3) is 0 Å². The number of likely N-dealkylation sites (tertiary alicyclic amines) is 1. The molecule has 0 spiro atoms. The lowest BCUT2D eigenvalue weighted by Gasteiger charge is -2.23. The predicted molar refractivity (Wildman–Crippen MR) is 122 cm³/mol. The molecule has 2 N–H and O–H groups in total. The molecule has 3 rings (SSSR count). The summed E-state index contributed by atoms with van der Waals surface area (Å²) in [4.78, 5) is 20.7. The highest BCUT2D eigenvalue weighted by Crippen LogP contribution is 2.26. The van der Waals surface area contributed by atoms with E-state index in [9.17, 15) is 4.79 Å². The molecule has 0 radical (unpaired) electrons. The quantitative estimate of drug-likeness (QED) is 0.341. The van der Waals surface area contributed by atoms with Gasteiger partial charge in [-0.1, -0.05) is 25.7 Å². The van der Waals surface area contributed by atoms with E-state index in [1.165, 1.54) is 70.9 Å². The first-order valence-corrected chi connectivity index (χ1v) is 10.6. The third kappa shape index (κ3) is 7.40. The number of amides is 1. The Morgan fingerprint density at radius 3 is 2.30 bits per heavy atom. The summed E-state index contributed by atoms with van der Waals surface area (Å²) in [5.41, 5.74) is 0. The van der Waals surface area contributed by atoms with E-state index in [1.54, 1.807) is 19.0 Å². The fourth-order valence-corrected chi connectivity index (χ4v) is 4.55. The van der Waals surface area contributed by atoms with Gasteiger partial charge in [0.1, 0.15) is 6.54 Å². The summed E-state index contributed by atoms with van der Waals surface area (Å²) in [7, 11) is 3.57. The molecule has 0 aromatic carbocycles. The van der Waals surface area contributed by atoms with Crippen molar-refractivity contribution in [2.45, 2.75) is 69.9 Å². The van der Waals surface area contributed by atoms with Crippen molar-refractivity contribution in [3.8, 4) is 0 Å². The highest BCUT2D eigenvalue weighted by molar-refractivity contribution is 14.0. The Hall–Kier alpha value is -0.570. The third-order valence-corrected chi connectivity index (χ3v) is 6.17. The second kappa shape index (κ2) is 11.4. The Bertz CT molecular complexity index is 487. The standard InChI is InChI=1S/C20H37N5O.HI/c1-24(2)19(26)13-21-20(22-17-9-5-6-10-17)23-18-11-12-25(15-18)14-16-7-3-4-8-16;/h16-18H,3-15H2,1-2H3,(H2,21,22,23);1H. The molecule has 0 aromatic rings. The van der Waals surface area contributed by atoms with Gasteiger partial charge in [0.2, 0.25) is 5.91 Å². The van der Waals surface area contributed by atoms with Gasteiger partial charge in [0.15, 0.2) is 5.96 Å². The van der Waals surface area contributed by atoms with Crippen LogP contribution in [0.5, 0.6) is 0 Å². The van der Waals surface area contributed by atoms with Gasteiger partial charge in [0.05, 0.1) is 0 Å². The number of nitrogens with zero attached hydrogens (tertiary/aromatic N) is 3. The molecular weight excluding hydrogens is 453 g/mol. The zero-order chi connectivity index (χ0) is 18.4. The van der Waals surface area contributed by atoms with Crippen LogP contribution in [0, 0.1) is 5.92 Å². The number of guanidine groups is 1. The zero-order valence-electron chi connectivity index (χ0n) is 17.1. The second-order valence-corrected chi connectivity index (χ2v) is 8.62. The molecule has 0 aromatic heterocycles. The number of aliphatic imine (C=N–C) groups is 1. The maximum absolute atomic E-state index is 11.9. The van der Waals surface area contributed by atoms with Crippen LogP contribution >= 0.6 is 24.0 Å². The highest BCUT2D eigenvalue weighted by atomic mass is 127. The van der Waals surface area contributed by atoms with E-state index in [2.05, 4.69) is 20.5 Å². The van der Waals surface area contributed by atoms with Crippen molar-refractivity contribution in [1.29, 1.82) is 0 Å². The van der Waals surface area contributed by atoms with E-state index < -0.39 is 0 Å². The maximum Gasteiger partial charge on any atom is 0.243 e. The molecule has 1 heterocycles. The van der Waals surface area contributed by atoms with Crippen LogP contribution in [0.2, 0.25) is 0 Å². The monoisotopic (exact) mass is 491 g/mol. The highest BCUT2D eigenvalue weighted by Gasteiger charge is 2.27. The fourth-order valence-electron chi connectivity index (χ4n) is 4.55. The maximum atomic E-state index is 11.9. The summed E-state index contributed by atoms with van der Waals surface area (Å²) in [6.45, 7) is 3.76. The van der Waals surface area contributed by atoms with E-state index in [1.807, 2.05) is 0 Å². The van der Waals surface area contributed by atoms with Gasteiger partial charge in [-0.05, 0) is 38.0 Å². The third-order valence-electron chi connectivity index (χ3n) is 6.17. The Morgan fingerprint density at radius 1 is 1.00 bits per heavy atom. The van der Waals surface area contributed by atoms with Gasteiger partial charge in [-0.15, -0.1) is 24.0 Å². The molecule has 1 aliphatic heterocycles. The molecule has 3 fully saturated rings. The van der Waals surface area contributed by atoms with E-state index in [0.29, 0.717) is 12.1 Å². The Balaban J connectivity index is 0.00000261. The minimum absolute atomic E-state index is 0. The van der Waals surface area contributed by atoms with Crippen LogP contribution in [0.3, 0.4) is 0 Å². The zero-order valence-corrected chi connectivity index (χ0v) is 19.4. The van der Waals surface area contributed by atoms with Crippen molar-refractivity contribution < 1.29 is 4.79 Å². The molecule has 7 heteroatoms. The topological polar surface area (TPSA) is 60.0 Å². The van der Waals surface area contributed by atoms with Crippen molar-refractivity contribution in [3.63, 3.8) is 0 Å². The van der Waals surface area contributed by atoms with Gasteiger partial charge in [-0.2, -0.15) is 0 Å². The van der Waals surface area contributed by atoms with E-state index in [4.69, 9.17) is 0 Å². The minimum atomic E-state index is 0. The molecule has 3 aliphatic rings. The number of halogens is 1. The van der Waals surface area contributed by atoms with Gasteiger partial charge in [-0.25, -0.2) is 4.99 Å². The van der Waals surface area contributed by atoms with Crippen LogP contribution in [0.4, 0.5) is 0 Å². The van der Waals surface area contributed by atoms with Gasteiger partial charge in [0.25, 0.3) is 0 Å². The molecule has 1 unspecified atom stereocenters. The lowest BCUT2D eigenvalue weighted by Crippen LogP contribution is -2.48. The number of hydrogen-bond acceptors (Lipinski definition) is 3. The van der Waals surface area contributed by atoms with Gasteiger partial charge >= 0.3 is 0 Å². The van der Waals surface area contributed by atoms with Crippen molar-refractivity contribution >= 4 is 35.8 Å². The predicted octanol–water partition coefficient (Wildman–Crippen LogP) is 2.43. The van der Waals surface area contributed by atoms with Crippen LogP contribution in [-0.4, -0.2) is 74.0 Å². The summed E-state index contributed by atoms with van der Waals surface area (Å²) < 4.78 is 0. The minimum Gasteiger partial charge on any atom is -0.354 e. The summed E-state index contributed by atoms with van der Waals surface area (Å²) in [6, 6.07) is 0.949. The first-order valence-electron chi connectivity index (χ1n) is 10.6. The molecule has 6 nitrogen and oxygen atoms in total. The average molecular weight is 491 g/mol. The number of rotatable bonds is 6. The lowest BCUT2D eigenvalue weighted by molar-refractivity contribution is -0.127. The smallest absolute Gasteiger partial charge is 0.243 e. The second-order valence-electron chi connectivity index (χ2n) is 8.62. The molecule has 1 saturated heterocycles. The van der Waals surface area contributed by atoms with Crippen molar-refractivity contribution in [1.82, 2.24) is 20.4 Å². The Labute approximate surface area is 181 Å². The largest absolute Gasteiger partial charge is 0.354 e. The van der Waals surface area contributed by atoms with Gasteiger partial charge in [0, 0.05) is 45.8 Å². The SMILES string of the molecule is CN(C)C(=O)CN=C(NC1CCCC1)NC1CCN(CC2CCCC2)C1.I. The molecule has 27 heavy (non-hydrogen) atoms. The molecule has 1 atom stereocenters. The van der Waals surface area contributed by atoms with Crippen LogP contribution in [0.1, 0.15) is 57.8 Å². The number of likely N-dealkylation sites (N-methyl/N-ethyl adjacent to an activating group) is 1. The van der Waals surface area contributed by atoms with Crippen LogP contribution in [0.15, 0.2) is 4.99 Å². The first kappa shape index (κ1) is 22.7. The molecule has 2 saturated carbocycles. The summed E-state index contributed by atoms with van der Waals surface area (Å²) >= 11 is 0. The summed E-state index contributed by atoms with van der Waals surface area (Å²) in [5.74, 6) is 1.79. The number of nitrogens with one attached hydrogen (secondary N) is 2. The number of hydrogen-bond donors (Lipinski definition) is 2. The van der Waals surface area contributed by atoms with E-state index in [0.717, 1.165) is 18.4 Å². The van der Waals surface area contributed by atoms with Crippen LogP contribution in [-0.2, 0) is 4.79 Å². The molecule has 1 amide bonds.